The summed E-state index contributed by atoms with van der Waals surface area (Å²) in [6.45, 7) is 5.78. The molecule has 1 aliphatic rings. The minimum atomic E-state index is -0.151. The molecule has 3 N–H and O–H groups in total. The fourth-order valence-corrected chi connectivity index (χ4v) is 2.74. The molecule has 1 aromatic carbocycles. The molecule has 0 radical (unpaired) electrons. The van der Waals surface area contributed by atoms with Gasteiger partial charge in [-0.3, -0.25) is 4.79 Å². The molecular weight excluding hydrogens is 373 g/mol. The maximum atomic E-state index is 12.6. The van der Waals surface area contributed by atoms with Gasteiger partial charge in [0.15, 0.2) is 0 Å². The number of carbonyl (C=O) groups is 1. The second-order valence-electron chi connectivity index (χ2n) is 6.22. The van der Waals surface area contributed by atoms with Crippen molar-refractivity contribution in [3.8, 4) is 0 Å². The van der Waals surface area contributed by atoms with Gasteiger partial charge in [0.1, 0.15) is 5.82 Å². The van der Waals surface area contributed by atoms with E-state index >= 15 is 0 Å². The van der Waals surface area contributed by atoms with Crippen LogP contribution in [0.25, 0.3) is 0 Å². The Hall–Kier alpha value is -2.02. The third-order valence-electron chi connectivity index (χ3n) is 4.34. The number of nitrogen functional groups attached to an aromatic ring is 1. The molecule has 2 aromatic rings. The molecule has 0 saturated carbocycles. The van der Waals surface area contributed by atoms with Crippen molar-refractivity contribution in [2.24, 2.45) is 0 Å². The molecule has 142 valence electrons. The van der Waals surface area contributed by atoms with Gasteiger partial charge in [0.25, 0.3) is 5.91 Å². The van der Waals surface area contributed by atoms with Crippen molar-refractivity contribution in [3.63, 3.8) is 0 Å². The number of nitrogens with zero attached hydrogens (tertiary/aromatic N) is 3. The number of hydrogen-bond acceptors (Lipinski definition) is 5. The molecule has 1 amide bonds. The Balaban J connectivity index is 0.00000169. The van der Waals surface area contributed by atoms with Crippen molar-refractivity contribution < 1.29 is 4.79 Å². The van der Waals surface area contributed by atoms with Gasteiger partial charge in [-0.05, 0) is 43.8 Å². The summed E-state index contributed by atoms with van der Waals surface area (Å²) < 4.78 is 0. The van der Waals surface area contributed by atoms with Crippen LogP contribution in [0.15, 0.2) is 36.5 Å². The van der Waals surface area contributed by atoms with E-state index in [-0.39, 0.29) is 30.7 Å². The predicted molar refractivity (Wildman–Crippen MR) is 112 cm³/mol. The molecule has 3 rings (SSSR count). The van der Waals surface area contributed by atoms with Crippen molar-refractivity contribution in [2.75, 3.05) is 49.2 Å². The quantitative estimate of drug-likeness (QED) is 0.778. The molecule has 26 heavy (non-hydrogen) atoms. The third-order valence-corrected chi connectivity index (χ3v) is 4.34. The number of anilines is 3. The molecule has 1 aromatic heterocycles. The summed E-state index contributed by atoms with van der Waals surface area (Å²) in [7, 11) is 2.11. The zero-order valence-electron chi connectivity index (χ0n) is 14.9. The molecule has 0 unspecified atom stereocenters. The molecule has 1 aliphatic heterocycles. The summed E-state index contributed by atoms with van der Waals surface area (Å²) in [5.74, 6) is 0.696. The largest absolute Gasteiger partial charge is 0.399 e. The van der Waals surface area contributed by atoms with E-state index in [1.165, 1.54) is 0 Å². The summed E-state index contributed by atoms with van der Waals surface area (Å²) in [5.41, 5.74) is 8.74. The van der Waals surface area contributed by atoms with Crippen molar-refractivity contribution in [3.05, 3.63) is 47.7 Å². The molecule has 8 heteroatoms. The van der Waals surface area contributed by atoms with Crippen molar-refractivity contribution >= 4 is 47.9 Å². The Morgan fingerprint density at radius 2 is 1.81 bits per heavy atom. The first-order chi connectivity index (χ1) is 11.5. The van der Waals surface area contributed by atoms with E-state index in [9.17, 15) is 4.79 Å². The maximum absolute atomic E-state index is 12.6. The number of nitrogens with two attached hydrogens (primary N) is 1. The van der Waals surface area contributed by atoms with Gasteiger partial charge in [0.05, 0.1) is 0 Å². The molecular formula is C18H25Cl2N5O. The molecule has 0 aliphatic carbocycles. The second kappa shape index (κ2) is 9.62. The fourth-order valence-electron chi connectivity index (χ4n) is 2.74. The number of hydrogen-bond donors (Lipinski definition) is 2. The van der Waals surface area contributed by atoms with E-state index < -0.39 is 0 Å². The minimum absolute atomic E-state index is 0. The van der Waals surface area contributed by atoms with E-state index in [1.54, 1.807) is 18.3 Å². The number of nitrogens with one attached hydrogen (secondary N) is 1. The van der Waals surface area contributed by atoms with Gasteiger partial charge in [-0.15, -0.1) is 24.8 Å². The molecule has 0 bridgehead atoms. The molecule has 6 nitrogen and oxygen atoms in total. The van der Waals surface area contributed by atoms with Crippen LogP contribution < -0.4 is 16.0 Å². The zero-order chi connectivity index (χ0) is 17.1. The van der Waals surface area contributed by atoms with Gasteiger partial charge >= 0.3 is 0 Å². The van der Waals surface area contributed by atoms with E-state index in [0.717, 1.165) is 43.2 Å². The Labute approximate surface area is 166 Å². The number of rotatable bonds is 3. The standard InChI is InChI=1S/C18H23N5O.2ClH/c1-13-3-4-15(19)12-16(13)21-18(24)14-5-6-20-17(11-14)23-9-7-22(2)8-10-23;;/h3-6,11-12H,7-10,19H2,1-2H3,(H,21,24);2*1H. The van der Waals surface area contributed by atoms with Crippen LogP contribution >= 0.6 is 24.8 Å². The number of amides is 1. The lowest BCUT2D eigenvalue weighted by atomic mass is 10.1. The van der Waals surface area contributed by atoms with Crippen LogP contribution in [-0.4, -0.2) is 49.0 Å². The average molecular weight is 398 g/mol. The van der Waals surface area contributed by atoms with Gasteiger partial charge in [-0.25, -0.2) is 4.98 Å². The number of pyridine rings is 1. The molecule has 1 saturated heterocycles. The van der Waals surface area contributed by atoms with Crippen LogP contribution in [0.3, 0.4) is 0 Å². The first kappa shape index (κ1) is 22.0. The number of piperazine rings is 1. The Morgan fingerprint density at radius 1 is 1.12 bits per heavy atom. The van der Waals surface area contributed by atoms with Crippen LogP contribution in [0.5, 0.6) is 0 Å². The van der Waals surface area contributed by atoms with Crippen LogP contribution in [0.4, 0.5) is 17.2 Å². The monoisotopic (exact) mass is 397 g/mol. The van der Waals surface area contributed by atoms with E-state index in [1.807, 2.05) is 25.1 Å². The average Bonchev–Trinajstić information content (AvgIpc) is 2.59. The minimum Gasteiger partial charge on any atom is -0.399 e. The van der Waals surface area contributed by atoms with E-state index in [2.05, 4.69) is 27.1 Å². The Morgan fingerprint density at radius 3 is 2.50 bits per heavy atom. The van der Waals surface area contributed by atoms with Gasteiger partial charge < -0.3 is 20.9 Å². The topological polar surface area (TPSA) is 74.5 Å². The Bertz CT molecular complexity index is 748. The first-order valence-electron chi connectivity index (χ1n) is 8.10. The lowest BCUT2D eigenvalue weighted by Crippen LogP contribution is -2.44. The first-order valence-corrected chi connectivity index (χ1v) is 8.10. The fraction of sp³-hybridized carbons (Fsp3) is 0.333. The van der Waals surface area contributed by atoms with Gasteiger partial charge in [0, 0.05) is 49.3 Å². The number of aryl methyl sites for hydroxylation is 1. The van der Waals surface area contributed by atoms with Crippen molar-refractivity contribution in [1.29, 1.82) is 0 Å². The van der Waals surface area contributed by atoms with Gasteiger partial charge in [0.2, 0.25) is 0 Å². The van der Waals surface area contributed by atoms with E-state index in [0.29, 0.717) is 11.3 Å². The summed E-state index contributed by atoms with van der Waals surface area (Å²) in [6, 6.07) is 9.07. The van der Waals surface area contributed by atoms with Crippen LogP contribution in [0.2, 0.25) is 0 Å². The molecule has 0 atom stereocenters. The molecule has 1 fully saturated rings. The number of benzene rings is 1. The highest BCUT2D eigenvalue weighted by Crippen LogP contribution is 2.20. The zero-order valence-corrected chi connectivity index (χ0v) is 16.6. The highest BCUT2D eigenvalue weighted by Gasteiger charge is 2.17. The van der Waals surface area contributed by atoms with Crippen molar-refractivity contribution in [2.45, 2.75) is 6.92 Å². The number of carbonyl (C=O) groups excluding carboxylic acids is 1. The van der Waals surface area contributed by atoms with E-state index in [4.69, 9.17) is 5.73 Å². The van der Waals surface area contributed by atoms with Crippen LogP contribution in [0, 0.1) is 6.92 Å². The van der Waals surface area contributed by atoms with Gasteiger partial charge in [-0.1, -0.05) is 6.07 Å². The lowest BCUT2D eigenvalue weighted by Gasteiger charge is -2.33. The second-order valence-corrected chi connectivity index (χ2v) is 6.22. The number of halogens is 2. The summed E-state index contributed by atoms with van der Waals surface area (Å²) >= 11 is 0. The normalized spacial score (nSPS) is 14.2. The predicted octanol–water partition coefficient (Wildman–Crippen LogP) is 2.82. The maximum Gasteiger partial charge on any atom is 0.255 e. The van der Waals surface area contributed by atoms with Crippen molar-refractivity contribution in [1.82, 2.24) is 9.88 Å². The molecule has 0 spiro atoms. The van der Waals surface area contributed by atoms with Gasteiger partial charge in [-0.2, -0.15) is 0 Å². The smallest absolute Gasteiger partial charge is 0.255 e. The van der Waals surface area contributed by atoms with Crippen LogP contribution in [-0.2, 0) is 0 Å². The highest BCUT2D eigenvalue weighted by molar-refractivity contribution is 6.05. The Kier molecular flexibility index (Phi) is 8.14. The molecule has 2 heterocycles. The summed E-state index contributed by atoms with van der Waals surface area (Å²) in [5, 5.41) is 2.93. The SMILES string of the molecule is Cc1ccc(N)cc1NC(=O)c1ccnc(N2CCN(C)CC2)c1.Cl.Cl. The number of likely N-dealkylation sites (N-methyl/N-ethyl adjacent to an activating group) is 1. The lowest BCUT2D eigenvalue weighted by molar-refractivity contribution is 0.102. The summed E-state index contributed by atoms with van der Waals surface area (Å²) in [6.07, 6.45) is 1.69. The van der Waals surface area contributed by atoms with Crippen LogP contribution in [0.1, 0.15) is 15.9 Å². The third kappa shape index (κ3) is 5.24. The number of aromatic nitrogens is 1. The highest BCUT2D eigenvalue weighted by atomic mass is 35.5. The summed E-state index contributed by atoms with van der Waals surface area (Å²) in [4.78, 5) is 21.5.